The second-order valence-electron chi connectivity index (χ2n) is 10.0. The van der Waals surface area contributed by atoms with Gasteiger partial charge in [-0.15, -0.1) is 0 Å². The SMILES string of the molecule is O=C1CC2(CCCC2)CC(=O)N1CCCCC1CCN(c2nc3ccccc3[nH]2)CC1. The molecule has 31 heavy (non-hydrogen) atoms. The summed E-state index contributed by atoms with van der Waals surface area (Å²) >= 11 is 0. The fourth-order valence-corrected chi connectivity index (χ4v) is 5.99. The van der Waals surface area contributed by atoms with Crippen LogP contribution < -0.4 is 4.90 Å². The van der Waals surface area contributed by atoms with Crippen molar-refractivity contribution >= 4 is 28.8 Å². The number of nitrogens with one attached hydrogen (secondary N) is 1. The van der Waals surface area contributed by atoms with Crippen LogP contribution in [0.1, 0.15) is 70.6 Å². The molecular weight excluding hydrogens is 388 g/mol. The second-order valence-corrected chi connectivity index (χ2v) is 10.0. The van der Waals surface area contributed by atoms with Crippen LogP contribution in [0.15, 0.2) is 24.3 Å². The van der Waals surface area contributed by atoms with Crippen molar-refractivity contribution in [3.8, 4) is 0 Å². The maximum atomic E-state index is 12.6. The zero-order chi connectivity index (χ0) is 21.3. The molecule has 1 saturated carbocycles. The third-order valence-corrected chi connectivity index (χ3v) is 7.85. The molecule has 3 aliphatic rings. The van der Waals surface area contributed by atoms with E-state index < -0.39 is 0 Å². The van der Waals surface area contributed by atoms with Gasteiger partial charge in [0.1, 0.15) is 0 Å². The van der Waals surface area contributed by atoms with Gasteiger partial charge in [-0.25, -0.2) is 4.98 Å². The maximum Gasteiger partial charge on any atom is 0.229 e. The topological polar surface area (TPSA) is 69.3 Å². The third-order valence-electron chi connectivity index (χ3n) is 7.85. The number of imide groups is 1. The largest absolute Gasteiger partial charge is 0.342 e. The van der Waals surface area contributed by atoms with Crippen molar-refractivity contribution in [2.75, 3.05) is 24.5 Å². The molecule has 6 nitrogen and oxygen atoms in total. The number of imidazole rings is 1. The lowest BCUT2D eigenvalue weighted by Gasteiger charge is -2.37. The van der Waals surface area contributed by atoms with Crippen LogP contribution in [0.3, 0.4) is 0 Å². The Balaban J connectivity index is 1.04. The first-order chi connectivity index (χ1) is 15.1. The number of amides is 2. The van der Waals surface area contributed by atoms with Gasteiger partial charge >= 0.3 is 0 Å². The number of aromatic nitrogens is 2. The number of unbranched alkanes of at least 4 members (excludes halogenated alkanes) is 1. The van der Waals surface area contributed by atoms with E-state index in [-0.39, 0.29) is 17.2 Å². The summed E-state index contributed by atoms with van der Waals surface area (Å²) in [7, 11) is 0. The summed E-state index contributed by atoms with van der Waals surface area (Å²) in [6.45, 7) is 2.69. The fraction of sp³-hybridized carbons (Fsp3) is 0.640. The number of piperidine rings is 2. The number of carbonyl (C=O) groups is 2. The van der Waals surface area contributed by atoms with Crippen molar-refractivity contribution in [1.29, 1.82) is 0 Å². The van der Waals surface area contributed by atoms with Gasteiger partial charge in [-0.05, 0) is 55.6 Å². The number of nitrogens with zero attached hydrogens (tertiary/aromatic N) is 3. The second kappa shape index (κ2) is 8.64. The van der Waals surface area contributed by atoms with E-state index in [1.165, 1.54) is 32.1 Å². The van der Waals surface area contributed by atoms with Crippen LogP contribution in [0.2, 0.25) is 0 Å². The van der Waals surface area contributed by atoms with Gasteiger partial charge in [-0.3, -0.25) is 14.5 Å². The summed E-state index contributed by atoms with van der Waals surface area (Å²) in [6, 6.07) is 8.18. The van der Waals surface area contributed by atoms with Crippen LogP contribution in [0.5, 0.6) is 0 Å². The first-order valence-corrected chi connectivity index (χ1v) is 12.1. The molecular formula is C25H34N4O2. The van der Waals surface area contributed by atoms with Gasteiger partial charge in [0.25, 0.3) is 0 Å². The number of hydrogen-bond acceptors (Lipinski definition) is 4. The number of rotatable bonds is 6. The minimum Gasteiger partial charge on any atom is -0.342 e. The number of H-pyrrole nitrogens is 1. The zero-order valence-electron chi connectivity index (χ0n) is 18.4. The minimum atomic E-state index is 0.0124. The Morgan fingerprint density at radius 2 is 1.71 bits per heavy atom. The molecule has 1 aromatic carbocycles. The highest BCUT2D eigenvalue weighted by Crippen LogP contribution is 2.46. The predicted octanol–water partition coefficient (Wildman–Crippen LogP) is 4.66. The highest BCUT2D eigenvalue weighted by Gasteiger charge is 2.44. The molecule has 2 amide bonds. The van der Waals surface area contributed by atoms with E-state index in [9.17, 15) is 9.59 Å². The van der Waals surface area contributed by atoms with Crippen molar-refractivity contribution in [3.05, 3.63) is 24.3 Å². The van der Waals surface area contributed by atoms with Crippen LogP contribution in [-0.2, 0) is 9.59 Å². The molecule has 1 aliphatic carbocycles. The molecule has 6 heteroatoms. The van der Waals surface area contributed by atoms with Gasteiger partial charge in [0.05, 0.1) is 11.0 Å². The zero-order valence-corrected chi connectivity index (χ0v) is 18.4. The Bertz CT molecular complexity index is 885. The van der Waals surface area contributed by atoms with Gasteiger partial charge in [-0.2, -0.15) is 0 Å². The number of aromatic amines is 1. The molecule has 5 rings (SSSR count). The Hall–Kier alpha value is -2.37. The van der Waals surface area contributed by atoms with Crippen molar-refractivity contribution < 1.29 is 9.59 Å². The van der Waals surface area contributed by atoms with Crippen molar-refractivity contribution in [2.24, 2.45) is 11.3 Å². The predicted molar refractivity (Wildman–Crippen MR) is 122 cm³/mol. The molecule has 2 aromatic rings. The molecule has 0 unspecified atom stereocenters. The first kappa shape index (κ1) is 20.5. The average molecular weight is 423 g/mol. The lowest BCUT2D eigenvalue weighted by molar-refractivity contribution is -0.153. The molecule has 3 heterocycles. The quantitative estimate of drug-likeness (QED) is 0.543. The molecule has 2 aliphatic heterocycles. The lowest BCUT2D eigenvalue weighted by Crippen LogP contribution is -2.47. The monoisotopic (exact) mass is 422 g/mol. The summed E-state index contributed by atoms with van der Waals surface area (Å²) < 4.78 is 0. The van der Waals surface area contributed by atoms with E-state index in [0.29, 0.717) is 19.4 Å². The van der Waals surface area contributed by atoms with Gasteiger partial charge in [0, 0.05) is 32.5 Å². The first-order valence-electron chi connectivity index (χ1n) is 12.1. The molecule has 166 valence electrons. The molecule has 0 bridgehead atoms. The Morgan fingerprint density at radius 3 is 2.42 bits per heavy atom. The Labute approximate surface area is 184 Å². The van der Waals surface area contributed by atoms with E-state index in [1.54, 1.807) is 4.90 Å². The number of benzene rings is 1. The van der Waals surface area contributed by atoms with E-state index in [0.717, 1.165) is 61.7 Å². The van der Waals surface area contributed by atoms with E-state index >= 15 is 0 Å². The van der Waals surface area contributed by atoms with Gasteiger partial charge < -0.3 is 9.88 Å². The highest BCUT2D eigenvalue weighted by atomic mass is 16.2. The molecule has 2 saturated heterocycles. The Morgan fingerprint density at radius 1 is 1.00 bits per heavy atom. The van der Waals surface area contributed by atoms with Crippen LogP contribution in [-0.4, -0.2) is 46.3 Å². The number of likely N-dealkylation sites (tertiary alicyclic amines) is 1. The minimum absolute atomic E-state index is 0.0124. The smallest absolute Gasteiger partial charge is 0.229 e. The normalized spacial score (nSPS) is 22.2. The van der Waals surface area contributed by atoms with Crippen molar-refractivity contribution in [2.45, 2.75) is 70.6 Å². The standard InChI is InChI=1S/C25H34N4O2/c30-22-17-25(12-4-5-13-25)18-23(31)29(22)14-6-3-7-19-10-15-28(16-11-19)24-26-20-8-1-2-9-21(20)27-24/h1-2,8-9,19H,3-7,10-18H2,(H,26,27). The van der Waals surface area contributed by atoms with Crippen molar-refractivity contribution in [3.63, 3.8) is 0 Å². The van der Waals surface area contributed by atoms with Gasteiger partial charge in [0.2, 0.25) is 17.8 Å². The summed E-state index contributed by atoms with van der Waals surface area (Å²) in [6.07, 6.45) is 11.3. The highest BCUT2D eigenvalue weighted by molar-refractivity contribution is 5.98. The van der Waals surface area contributed by atoms with Gasteiger partial charge in [-0.1, -0.05) is 37.8 Å². The summed E-state index contributed by atoms with van der Waals surface area (Å²) in [5.74, 6) is 1.88. The number of hydrogen-bond donors (Lipinski definition) is 1. The Kier molecular flexibility index (Phi) is 5.72. The molecule has 0 radical (unpaired) electrons. The lowest BCUT2D eigenvalue weighted by atomic mass is 9.76. The number of carbonyl (C=O) groups excluding carboxylic acids is 2. The molecule has 0 atom stereocenters. The fourth-order valence-electron chi connectivity index (χ4n) is 5.99. The summed E-state index contributed by atoms with van der Waals surface area (Å²) in [5, 5.41) is 0. The number of anilines is 1. The summed E-state index contributed by atoms with van der Waals surface area (Å²) in [4.78, 5) is 37.3. The summed E-state index contributed by atoms with van der Waals surface area (Å²) in [5.41, 5.74) is 2.14. The molecule has 1 spiro atoms. The van der Waals surface area contributed by atoms with Crippen LogP contribution >= 0.6 is 0 Å². The number of fused-ring (bicyclic) bond motifs is 1. The van der Waals surface area contributed by atoms with Crippen LogP contribution in [0.25, 0.3) is 11.0 Å². The van der Waals surface area contributed by atoms with Crippen LogP contribution in [0, 0.1) is 11.3 Å². The molecule has 1 aromatic heterocycles. The van der Waals surface area contributed by atoms with Gasteiger partial charge in [0.15, 0.2) is 0 Å². The van der Waals surface area contributed by atoms with E-state index in [1.807, 2.05) is 18.2 Å². The number of para-hydroxylation sites is 2. The maximum absolute atomic E-state index is 12.6. The average Bonchev–Trinajstić information content (AvgIpc) is 3.40. The third kappa shape index (κ3) is 4.35. The molecule has 3 fully saturated rings. The van der Waals surface area contributed by atoms with E-state index in [2.05, 4.69) is 16.0 Å². The van der Waals surface area contributed by atoms with E-state index in [4.69, 9.17) is 4.98 Å². The van der Waals surface area contributed by atoms with Crippen LogP contribution in [0.4, 0.5) is 5.95 Å². The molecule has 1 N–H and O–H groups in total. The van der Waals surface area contributed by atoms with Crippen molar-refractivity contribution in [1.82, 2.24) is 14.9 Å².